The third kappa shape index (κ3) is 3.73. The molecule has 0 aliphatic rings. The molecule has 0 fully saturated rings. The van der Waals surface area contributed by atoms with E-state index in [-0.39, 0.29) is 0 Å². The molecular formula is C16H19N3. The summed E-state index contributed by atoms with van der Waals surface area (Å²) in [6, 6.07) is 8.80. The second-order valence-electron chi connectivity index (χ2n) is 4.81. The lowest BCUT2D eigenvalue weighted by molar-refractivity contribution is 0.607. The van der Waals surface area contributed by atoms with Crippen LogP contribution >= 0.6 is 0 Å². The Hall–Kier alpha value is -2.00. The van der Waals surface area contributed by atoms with E-state index in [0.29, 0.717) is 6.04 Å². The molecule has 0 aliphatic heterocycles. The summed E-state index contributed by atoms with van der Waals surface area (Å²) in [5.74, 6) is 0. The van der Waals surface area contributed by atoms with Crippen LogP contribution in [0.3, 0.4) is 0 Å². The van der Waals surface area contributed by atoms with Crippen molar-refractivity contribution in [3.8, 4) is 11.1 Å². The first-order valence-electron chi connectivity index (χ1n) is 6.40. The van der Waals surface area contributed by atoms with Gasteiger partial charge in [0.05, 0.1) is 0 Å². The van der Waals surface area contributed by atoms with E-state index in [0.717, 1.165) is 23.2 Å². The van der Waals surface area contributed by atoms with Crippen molar-refractivity contribution in [1.82, 2.24) is 15.3 Å². The number of nitrogens with zero attached hydrogens (tertiary/aromatic N) is 2. The number of nitrogens with one attached hydrogen (secondary N) is 1. The van der Waals surface area contributed by atoms with Crippen molar-refractivity contribution in [3.05, 3.63) is 60.7 Å². The molecule has 98 valence electrons. The lowest BCUT2D eigenvalue weighted by Gasteiger charge is -2.14. The number of rotatable bonds is 5. The summed E-state index contributed by atoms with van der Waals surface area (Å²) in [4.78, 5) is 8.07. The van der Waals surface area contributed by atoms with Crippen LogP contribution in [0.15, 0.2) is 55.1 Å². The smallest absolute Gasteiger partial charge is 0.115 e. The van der Waals surface area contributed by atoms with Crippen LogP contribution in [-0.2, 0) is 0 Å². The average Bonchev–Trinajstić information content (AvgIpc) is 2.46. The predicted octanol–water partition coefficient (Wildman–Crippen LogP) is 3.37. The van der Waals surface area contributed by atoms with Crippen molar-refractivity contribution in [2.75, 3.05) is 6.54 Å². The Balaban J connectivity index is 2.08. The van der Waals surface area contributed by atoms with E-state index < -0.39 is 0 Å². The van der Waals surface area contributed by atoms with Crippen LogP contribution in [0.4, 0.5) is 0 Å². The molecule has 0 radical (unpaired) electrons. The van der Waals surface area contributed by atoms with Crippen LogP contribution in [0.1, 0.15) is 25.5 Å². The lowest BCUT2D eigenvalue weighted by Crippen LogP contribution is -2.20. The molecule has 2 rings (SSSR count). The number of hydrogen-bond donors (Lipinski definition) is 1. The van der Waals surface area contributed by atoms with Crippen LogP contribution in [0.2, 0.25) is 0 Å². The zero-order valence-electron chi connectivity index (χ0n) is 11.4. The molecule has 0 aliphatic carbocycles. The summed E-state index contributed by atoms with van der Waals surface area (Å²) < 4.78 is 0. The summed E-state index contributed by atoms with van der Waals surface area (Å²) in [6.45, 7) is 8.92. The fourth-order valence-corrected chi connectivity index (χ4v) is 1.86. The largest absolute Gasteiger partial charge is 0.306 e. The summed E-state index contributed by atoms with van der Waals surface area (Å²) in [7, 11) is 0. The SMILES string of the molecule is C=C(C)CN[C@@H](C)c1ccc(-c2cncnc2)cc1. The van der Waals surface area contributed by atoms with E-state index in [9.17, 15) is 0 Å². The third-order valence-electron chi connectivity index (χ3n) is 3.01. The monoisotopic (exact) mass is 253 g/mol. The molecule has 19 heavy (non-hydrogen) atoms. The van der Waals surface area contributed by atoms with E-state index in [4.69, 9.17) is 0 Å². The van der Waals surface area contributed by atoms with E-state index >= 15 is 0 Å². The van der Waals surface area contributed by atoms with Gasteiger partial charge in [0.2, 0.25) is 0 Å². The Morgan fingerprint density at radius 3 is 2.37 bits per heavy atom. The molecule has 0 bridgehead atoms. The fourth-order valence-electron chi connectivity index (χ4n) is 1.86. The number of hydrogen-bond acceptors (Lipinski definition) is 3. The zero-order valence-corrected chi connectivity index (χ0v) is 11.4. The number of aromatic nitrogens is 2. The molecule has 1 heterocycles. The minimum Gasteiger partial charge on any atom is -0.306 e. The normalized spacial score (nSPS) is 12.1. The maximum Gasteiger partial charge on any atom is 0.115 e. The van der Waals surface area contributed by atoms with Crippen molar-refractivity contribution in [2.24, 2.45) is 0 Å². The van der Waals surface area contributed by atoms with Gasteiger partial charge in [0.25, 0.3) is 0 Å². The standard InChI is InChI=1S/C16H19N3/c1-12(2)8-19-13(3)14-4-6-15(7-5-14)16-9-17-11-18-10-16/h4-7,9-11,13,19H,1,8H2,2-3H3/t13-/m0/s1. The Bertz CT molecular complexity index is 532. The molecule has 2 aromatic rings. The molecule has 0 unspecified atom stereocenters. The van der Waals surface area contributed by atoms with Gasteiger partial charge in [0.15, 0.2) is 0 Å². The van der Waals surface area contributed by atoms with E-state index in [1.165, 1.54) is 5.56 Å². The summed E-state index contributed by atoms with van der Waals surface area (Å²) in [5.41, 5.74) is 4.58. The molecular weight excluding hydrogens is 234 g/mol. The van der Waals surface area contributed by atoms with E-state index in [2.05, 4.69) is 53.1 Å². The van der Waals surface area contributed by atoms with Gasteiger partial charge in [-0.05, 0) is 25.0 Å². The van der Waals surface area contributed by atoms with Gasteiger partial charge in [-0.15, -0.1) is 0 Å². The quantitative estimate of drug-likeness (QED) is 0.830. The van der Waals surface area contributed by atoms with Crippen molar-refractivity contribution < 1.29 is 0 Å². The summed E-state index contributed by atoms with van der Waals surface area (Å²) in [6.07, 6.45) is 5.19. The van der Waals surface area contributed by atoms with Crippen LogP contribution in [-0.4, -0.2) is 16.5 Å². The lowest BCUT2D eigenvalue weighted by atomic mass is 10.0. The molecule has 1 N–H and O–H groups in total. The predicted molar refractivity (Wildman–Crippen MR) is 78.7 cm³/mol. The van der Waals surface area contributed by atoms with Crippen molar-refractivity contribution >= 4 is 0 Å². The molecule has 1 atom stereocenters. The first-order valence-corrected chi connectivity index (χ1v) is 6.40. The Morgan fingerprint density at radius 1 is 1.16 bits per heavy atom. The van der Waals surface area contributed by atoms with Gasteiger partial charge in [0, 0.05) is 30.5 Å². The van der Waals surface area contributed by atoms with Gasteiger partial charge < -0.3 is 5.32 Å². The van der Waals surface area contributed by atoms with E-state index in [1.807, 2.05) is 19.3 Å². The minimum atomic E-state index is 0.317. The van der Waals surface area contributed by atoms with Gasteiger partial charge in [0.1, 0.15) is 6.33 Å². The van der Waals surface area contributed by atoms with E-state index in [1.54, 1.807) is 6.33 Å². The maximum absolute atomic E-state index is 4.03. The van der Waals surface area contributed by atoms with Crippen LogP contribution in [0.5, 0.6) is 0 Å². The molecule has 0 saturated carbocycles. The Labute approximate surface area is 114 Å². The molecule has 3 heteroatoms. The highest BCUT2D eigenvalue weighted by Crippen LogP contribution is 2.20. The van der Waals surface area contributed by atoms with Gasteiger partial charge in [-0.2, -0.15) is 0 Å². The van der Waals surface area contributed by atoms with Crippen LogP contribution < -0.4 is 5.32 Å². The van der Waals surface area contributed by atoms with Crippen molar-refractivity contribution in [2.45, 2.75) is 19.9 Å². The van der Waals surface area contributed by atoms with Crippen LogP contribution in [0, 0.1) is 0 Å². The summed E-state index contributed by atoms with van der Waals surface area (Å²) in [5, 5.41) is 3.43. The molecule has 3 nitrogen and oxygen atoms in total. The summed E-state index contributed by atoms with van der Waals surface area (Å²) >= 11 is 0. The van der Waals surface area contributed by atoms with Crippen molar-refractivity contribution in [3.63, 3.8) is 0 Å². The minimum absolute atomic E-state index is 0.317. The second kappa shape index (κ2) is 6.25. The van der Waals surface area contributed by atoms with Gasteiger partial charge >= 0.3 is 0 Å². The second-order valence-corrected chi connectivity index (χ2v) is 4.81. The average molecular weight is 253 g/mol. The molecule has 0 amide bonds. The highest BCUT2D eigenvalue weighted by Gasteiger charge is 2.05. The number of benzene rings is 1. The molecule has 1 aromatic heterocycles. The topological polar surface area (TPSA) is 37.8 Å². The molecule has 1 aromatic carbocycles. The first kappa shape index (κ1) is 13.4. The Morgan fingerprint density at radius 2 is 1.79 bits per heavy atom. The van der Waals surface area contributed by atoms with Gasteiger partial charge in [-0.3, -0.25) is 0 Å². The highest BCUT2D eigenvalue weighted by atomic mass is 14.9. The van der Waals surface area contributed by atoms with Gasteiger partial charge in [-0.1, -0.05) is 36.4 Å². The fraction of sp³-hybridized carbons (Fsp3) is 0.250. The zero-order chi connectivity index (χ0) is 13.7. The highest BCUT2D eigenvalue weighted by molar-refractivity contribution is 5.61. The maximum atomic E-state index is 4.03. The Kier molecular flexibility index (Phi) is 4.42. The first-order chi connectivity index (χ1) is 9.16. The molecule has 0 spiro atoms. The third-order valence-corrected chi connectivity index (χ3v) is 3.01. The van der Waals surface area contributed by atoms with Crippen LogP contribution in [0.25, 0.3) is 11.1 Å². The van der Waals surface area contributed by atoms with Gasteiger partial charge in [-0.25, -0.2) is 9.97 Å². The molecule has 0 saturated heterocycles. The van der Waals surface area contributed by atoms with Crippen molar-refractivity contribution in [1.29, 1.82) is 0 Å².